The van der Waals surface area contributed by atoms with Crippen LogP contribution in [0.15, 0.2) is 10.7 Å². The molecule has 0 atom stereocenters. The molecule has 0 unspecified atom stereocenters. The summed E-state index contributed by atoms with van der Waals surface area (Å²) in [6.45, 7) is 3.39. The number of likely N-dealkylation sites (tertiary alicyclic amines) is 1. The predicted octanol–water partition coefficient (Wildman–Crippen LogP) is 0.828. The van der Waals surface area contributed by atoms with Gasteiger partial charge in [-0.15, -0.1) is 0 Å². The monoisotopic (exact) mass is 224 g/mol. The summed E-state index contributed by atoms with van der Waals surface area (Å²) in [5, 5.41) is 12.6. The van der Waals surface area contributed by atoms with Crippen molar-refractivity contribution in [1.29, 1.82) is 0 Å². The van der Waals surface area contributed by atoms with Gasteiger partial charge in [0.05, 0.1) is 6.20 Å². The van der Waals surface area contributed by atoms with Crippen LogP contribution in [0.25, 0.3) is 0 Å². The maximum atomic E-state index is 12.0. The topological polar surface area (TPSA) is 66.6 Å². The van der Waals surface area contributed by atoms with Crippen LogP contribution in [0.5, 0.6) is 0 Å². The molecule has 5 nitrogen and oxygen atoms in total. The molecular formula is C11H16N2O3. The highest BCUT2D eigenvalue weighted by Gasteiger charge is 2.26. The zero-order valence-electron chi connectivity index (χ0n) is 9.35. The van der Waals surface area contributed by atoms with Gasteiger partial charge >= 0.3 is 0 Å². The van der Waals surface area contributed by atoms with Gasteiger partial charge in [-0.2, -0.15) is 0 Å². The van der Waals surface area contributed by atoms with Crippen molar-refractivity contribution in [2.45, 2.75) is 19.8 Å². The summed E-state index contributed by atoms with van der Waals surface area (Å²) in [5.74, 6) is 0.578. The van der Waals surface area contributed by atoms with E-state index in [2.05, 4.69) is 5.16 Å². The molecular weight excluding hydrogens is 208 g/mol. The van der Waals surface area contributed by atoms with Crippen LogP contribution in [-0.4, -0.2) is 40.8 Å². The summed E-state index contributed by atoms with van der Waals surface area (Å²) in [6.07, 6.45) is 3.26. The molecule has 16 heavy (non-hydrogen) atoms. The summed E-state index contributed by atoms with van der Waals surface area (Å²) in [7, 11) is 0. The number of nitrogens with zero attached hydrogens (tertiary/aromatic N) is 2. The maximum Gasteiger partial charge on any atom is 0.292 e. The van der Waals surface area contributed by atoms with Crippen molar-refractivity contribution in [3.05, 3.63) is 17.5 Å². The highest BCUT2D eigenvalue weighted by Crippen LogP contribution is 2.19. The molecule has 1 aliphatic rings. The Morgan fingerprint density at radius 1 is 1.62 bits per heavy atom. The smallest absolute Gasteiger partial charge is 0.292 e. The Kier molecular flexibility index (Phi) is 3.24. The van der Waals surface area contributed by atoms with Crippen molar-refractivity contribution >= 4 is 5.91 Å². The number of aryl methyl sites for hydroxylation is 1. The SMILES string of the molecule is Cc1cnoc1C(=O)N1CCC(CO)CC1. The van der Waals surface area contributed by atoms with Crippen molar-refractivity contribution in [3.63, 3.8) is 0 Å². The zero-order valence-corrected chi connectivity index (χ0v) is 9.35. The third-order valence-electron chi connectivity index (χ3n) is 3.10. The Hall–Kier alpha value is -1.36. The molecule has 0 bridgehead atoms. The molecule has 0 spiro atoms. The van der Waals surface area contributed by atoms with Gasteiger partial charge in [0.1, 0.15) is 0 Å². The number of piperidine rings is 1. The van der Waals surface area contributed by atoms with Crippen molar-refractivity contribution in [1.82, 2.24) is 10.1 Å². The lowest BCUT2D eigenvalue weighted by Gasteiger charge is -2.30. The van der Waals surface area contributed by atoms with Crippen molar-refractivity contribution < 1.29 is 14.4 Å². The lowest BCUT2D eigenvalue weighted by molar-refractivity contribution is 0.0610. The van der Waals surface area contributed by atoms with Crippen LogP contribution in [0.3, 0.4) is 0 Å². The second-order valence-electron chi connectivity index (χ2n) is 4.26. The number of amides is 1. The molecule has 1 aromatic heterocycles. The molecule has 1 saturated heterocycles. The van der Waals surface area contributed by atoms with Gasteiger partial charge in [0.25, 0.3) is 5.91 Å². The molecule has 5 heteroatoms. The number of aliphatic hydroxyl groups excluding tert-OH is 1. The second kappa shape index (κ2) is 4.65. The number of hydrogen-bond donors (Lipinski definition) is 1. The Balaban J connectivity index is 2.00. The zero-order chi connectivity index (χ0) is 11.5. The quantitative estimate of drug-likeness (QED) is 0.808. The Morgan fingerprint density at radius 3 is 2.81 bits per heavy atom. The third-order valence-corrected chi connectivity index (χ3v) is 3.10. The van der Waals surface area contributed by atoms with Gasteiger partial charge < -0.3 is 14.5 Å². The molecule has 0 saturated carbocycles. The normalized spacial score (nSPS) is 17.8. The Labute approximate surface area is 94.0 Å². The largest absolute Gasteiger partial charge is 0.396 e. The van der Waals surface area contributed by atoms with Crippen LogP contribution in [0.4, 0.5) is 0 Å². The molecule has 0 aromatic carbocycles. The van der Waals surface area contributed by atoms with Crippen molar-refractivity contribution in [2.24, 2.45) is 5.92 Å². The first-order valence-electron chi connectivity index (χ1n) is 5.53. The van der Waals surface area contributed by atoms with Gasteiger partial charge in [0, 0.05) is 25.3 Å². The Bertz CT molecular complexity index is 367. The summed E-state index contributed by atoms with van der Waals surface area (Å²) in [6, 6.07) is 0. The molecule has 88 valence electrons. The first kappa shape index (κ1) is 11.1. The first-order chi connectivity index (χ1) is 7.72. The van der Waals surface area contributed by atoms with Crippen molar-refractivity contribution in [3.8, 4) is 0 Å². The van der Waals surface area contributed by atoms with E-state index in [0.29, 0.717) is 24.8 Å². The number of carbonyl (C=O) groups is 1. The second-order valence-corrected chi connectivity index (χ2v) is 4.26. The van der Waals surface area contributed by atoms with Gasteiger partial charge in [0.2, 0.25) is 5.76 Å². The molecule has 0 radical (unpaired) electrons. The molecule has 1 N–H and O–H groups in total. The fraction of sp³-hybridized carbons (Fsp3) is 0.636. The molecule has 1 aliphatic heterocycles. The van der Waals surface area contributed by atoms with Crippen LogP contribution in [0.2, 0.25) is 0 Å². The van der Waals surface area contributed by atoms with E-state index in [1.54, 1.807) is 11.1 Å². The van der Waals surface area contributed by atoms with E-state index in [-0.39, 0.29) is 12.5 Å². The van der Waals surface area contributed by atoms with Gasteiger partial charge in [-0.05, 0) is 25.7 Å². The molecule has 2 heterocycles. The van der Waals surface area contributed by atoms with Gasteiger partial charge in [0.15, 0.2) is 0 Å². The summed E-state index contributed by atoms with van der Waals surface area (Å²) in [5.41, 5.74) is 0.772. The third kappa shape index (κ3) is 2.09. The van der Waals surface area contributed by atoms with Gasteiger partial charge in [-0.3, -0.25) is 4.79 Å². The van der Waals surface area contributed by atoms with Crippen molar-refractivity contribution in [2.75, 3.05) is 19.7 Å². The highest BCUT2D eigenvalue weighted by atomic mass is 16.5. The number of hydrogen-bond acceptors (Lipinski definition) is 4. The number of aliphatic hydroxyl groups is 1. The van der Waals surface area contributed by atoms with Gasteiger partial charge in [-0.25, -0.2) is 0 Å². The van der Waals surface area contributed by atoms with Crippen LogP contribution in [0.1, 0.15) is 29.0 Å². The minimum atomic E-state index is -0.0913. The van der Waals surface area contributed by atoms with E-state index in [9.17, 15) is 4.79 Å². The minimum Gasteiger partial charge on any atom is -0.396 e. The minimum absolute atomic E-state index is 0.0913. The molecule has 1 aromatic rings. The molecule has 0 aliphatic carbocycles. The number of carbonyl (C=O) groups excluding carboxylic acids is 1. The van der Waals surface area contributed by atoms with Crippen LogP contribution < -0.4 is 0 Å². The fourth-order valence-corrected chi connectivity index (χ4v) is 1.96. The van der Waals surface area contributed by atoms with Crippen LogP contribution in [0, 0.1) is 12.8 Å². The van der Waals surface area contributed by atoms with E-state index in [4.69, 9.17) is 9.63 Å². The standard InChI is InChI=1S/C11H16N2O3/c1-8-6-12-16-10(8)11(15)13-4-2-9(7-14)3-5-13/h6,9,14H,2-5,7H2,1H3. The fourth-order valence-electron chi connectivity index (χ4n) is 1.96. The van der Waals surface area contributed by atoms with E-state index >= 15 is 0 Å². The lowest BCUT2D eigenvalue weighted by atomic mass is 9.97. The van der Waals surface area contributed by atoms with E-state index < -0.39 is 0 Å². The first-order valence-corrected chi connectivity index (χ1v) is 5.53. The van der Waals surface area contributed by atoms with Crippen LogP contribution in [-0.2, 0) is 0 Å². The summed E-state index contributed by atoms with van der Waals surface area (Å²) in [4.78, 5) is 13.8. The van der Waals surface area contributed by atoms with E-state index in [1.165, 1.54) is 0 Å². The number of rotatable bonds is 2. The van der Waals surface area contributed by atoms with Gasteiger partial charge in [-0.1, -0.05) is 5.16 Å². The summed E-state index contributed by atoms with van der Waals surface area (Å²) >= 11 is 0. The average Bonchev–Trinajstić information content (AvgIpc) is 2.75. The Morgan fingerprint density at radius 2 is 2.31 bits per heavy atom. The predicted molar refractivity (Wildman–Crippen MR) is 57.0 cm³/mol. The lowest BCUT2D eigenvalue weighted by Crippen LogP contribution is -2.39. The van der Waals surface area contributed by atoms with Crippen LogP contribution >= 0.6 is 0 Å². The molecule has 1 fully saturated rings. The highest BCUT2D eigenvalue weighted by molar-refractivity contribution is 5.92. The number of aromatic nitrogens is 1. The maximum absolute atomic E-state index is 12.0. The molecule has 1 amide bonds. The van der Waals surface area contributed by atoms with E-state index in [0.717, 1.165) is 18.4 Å². The summed E-state index contributed by atoms with van der Waals surface area (Å²) < 4.78 is 4.94. The molecule has 2 rings (SSSR count). The van der Waals surface area contributed by atoms with E-state index in [1.807, 2.05) is 6.92 Å². The average molecular weight is 224 g/mol.